The Morgan fingerprint density at radius 2 is 1.81 bits per heavy atom. The van der Waals surface area contributed by atoms with E-state index in [9.17, 15) is 0 Å². The molecule has 21 heavy (non-hydrogen) atoms. The van der Waals surface area contributed by atoms with Crippen molar-refractivity contribution in [1.82, 2.24) is 9.97 Å². The quantitative estimate of drug-likeness (QED) is 0.831. The Labute approximate surface area is 131 Å². The summed E-state index contributed by atoms with van der Waals surface area (Å²) in [6.45, 7) is 12.2. The molecular weight excluding hydrogens is 280 g/mol. The summed E-state index contributed by atoms with van der Waals surface area (Å²) in [6.07, 6.45) is 0. The van der Waals surface area contributed by atoms with Crippen molar-refractivity contribution in [3.8, 4) is 0 Å². The van der Waals surface area contributed by atoms with Crippen molar-refractivity contribution in [3.05, 3.63) is 10.9 Å². The van der Waals surface area contributed by atoms with Gasteiger partial charge in [0.2, 0.25) is 5.95 Å². The molecule has 2 heterocycles. The van der Waals surface area contributed by atoms with Gasteiger partial charge in [-0.15, -0.1) is 11.3 Å². The summed E-state index contributed by atoms with van der Waals surface area (Å²) in [5, 5.41) is 7.73. The van der Waals surface area contributed by atoms with Crippen molar-refractivity contribution in [2.24, 2.45) is 17.8 Å². The van der Waals surface area contributed by atoms with Crippen molar-refractivity contribution in [2.75, 3.05) is 24.2 Å². The number of fused-ring (bicyclic) bond motifs is 1. The van der Waals surface area contributed by atoms with E-state index in [4.69, 9.17) is 0 Å². The van der Waals surface area contributed by atoms with Gasteiger partial charge in [-0.2, -0.15) is 4.98 Å². The Bertz CT molecular complexity index is 596. The summed E-state index contributed by atoms with van der Waals surface area (Å²) >= 11 is 1.71. The number of aromatic nitrogens is 2. The first-order chi connectivity index (χ1) is 9.92. The Morgan fingerprint density at radius 3 is 2.38 bits per heavy atom. The minimum absolute atomic E-state index is 0.632. The van der Waals surface area contributed by atoms with Gasteiger partial charge >= 0.3 is 0 Å². The molecule has 0 unspecified atom stereocenters. The number of nitrogens with zero attached hydrogens (tertiary/aromatic N) is 2. The molecule has 0 aliphatic carbocycles. The smallest absolute Gasteiger partial charge is 0.225 e. The first-order valence-corrected chi connectivity index (χ1v) is 8.43. The van der Waals surface area contributed by atoms with Crippen LogP contribution in [0.2, 0.25) is 0 Å². The van der Waals surface area contributed by atoms with Crippen molar-refractivity contribution < 1.29 is 0 Å². The zero-order valence-corrected chi connectivity index (χ0v) is 14.6. The molecular formula is C16H26N4S. The highest BCUT2D eigenvalue weighted by molar-refractivity contribution is 7.18. The van der Waals surface area contributed by atoms with E-state index < -0.39 is 0 Å². The number of hydrogen-bond donors (Lipinski definition) is 2. The van der Waals surface area contributed by atoms with Crippen LogP contribution in [0.3, 0.4) is 0 Å². The Kier molecular flexibility index (Phi) is 5.04. The summed E-state index contributed by atoms with van der Waals surface area (Å²) in [7, 11) is 1.86. The molecule has 2 aromatic rings. The van der Waals surface area contributed by atoms with E-state index in [1.54, 1.807) is 11.3 Å². The van der Waals surface area contributed by atoms with Crippen LogP contribution in [-0.2, 0) is 0 Å². The zero-order chi connectivity index (χ0) is 15.6. The molecule has 0 radical (unpaired) electrons. The number of nitrogens with one attached hydrogen (secondary N) is 2. The highest BCUT2D eigenvalue weighted by Crippen LogP contribution is 2.30. The average molecular weight is 306 g/mol. The molecule has 2 N–H and O–H groups in total. The van der Waals surface area contributed by atoms with E-state index in [1.165, 1.54) is 4.88 Å². The van der Waals surface area contributed by atoms with E-state index in [0.717, 1.165) is 22.6 Å². The minimum Gasteiger partial charge on any atom is -0.369 e. The molecule has 116 valence electrons. The van der Waals surface area contributed by atoms with Gasteiger partial charge in [0, 0.05) is 18.5 Å². The molecule has 0 amide bonds. The van der Waals surface area contributed by atoms with Crippen LogP contribution < -0.4 is 10.6 Å². The first kappa shape index (κ1) is 16.0. The van der Waals surface area contributed by atoms with Crippen LogP contribution in [0.25, 0.3) is 10.2 Å². The number of thiophene rings is 1. The van der Waals surface area contributed by atoms with Crippen LogP contribution >= 0.6 is 11.3 Å². The highest BCUT2D eigenvalue weighted by Gasteiger charge is 2.18. The van der Waals surface area contributed by atoms with E-state index in [-0.39, 0.29) is 0 Å². The van der Waals surface area contributed by atoms with Crippen LogP contribution in [0.5, 0.6) is 0 Å². The fraction of sp³-hybridized carbons (Fsp3) is 0.625. The Morgan fingerprint density at radius 1 is 1.14 bits per heavy atom. The third kappa shape index (κ3) is 3.64. The summed E-state index contributed by atoms with van der Waals surface area (Å²) in [4.78, 5) is 11.4. The van der Waals surface area contributed by atoms with Crippen molar-refractivity contribution >= 4 is 33.3 Å². The molecule has 0 spiro atoms. The summed E-state index contributed by atoms with van der Waals surface area (Å²) in [5.74, 6) is 3.57. The highest BCUT2D eigenvalue weighted by atomic mass is 32.1. The lowest BCUT2D eigenvalue weighted by Crippen LogP contribution is -2.25. The third-order valence-electron chi connectivity index (χ3n) is 3.96. The second-order valence-electron chi connectivity index (χ2n) is 6.25. The van der Waals surface area contributed by atoms with Crippen molar-refractivity contribution in [1.29, 1.82) is 0 Å². The van der Waals surface area contributed by atoms with Crippen LogP contribution in [0.1, 0.15) is 32.6 Å². The van der Waals surface area contributed by atoms with Gasteiger partial charge in [-0.25, -0.2) is 4.98 Å². The topological polar surface area (TPSA) is 49.8 Å². The van der Waals surface area contributed by atoms with Gasteiger partial charge in [-0.1, -0.05) is 27.7 Å². The first-order valence-electron chi connectivity index (χ1n) is 7.62. The monoisotopic (exact) mass is 306 g/mol. The Hall–Kier alpha value is -1.36. The van der Waals surface area contributed by atoms with E-state index >= 15 is 0 Å². The van der Waals surface area contributed by atoms with Gasteiger partial charge in [0.1, 0.15) is 10.6 Å². The molecule has 0 aliphatic rings. The minimum atomic E-state index is 0.632. The molecule has 0 aromatic carbocycles. The maximum absolute atomic E-state index is 4.60. The summed E-state index contributed by atoms with van der Waals surface area (Å²) in [5.41, 5.74) is 0. The SMILES string of the molecule is CNc1nc(NCC(C(C)C)C(C)C)c2cc(C)sc2n1. The third-order valence-corrected chi connectivity index (χ3v) is 4.90. The molecule has 0 saturated heterocycles. The maximum atomic E-state index is 4.60. The largest absolute Gasteiger partial charge is 0.369 e. The second-order valence-corrected chi connectivity index (χ2v) is 7.49. The molecule has 0 atom stereocenters. The maximum Gasteiger partial charge on any atom is 0.225 e. The van der Waals surface area contributed by atoms with Crippen LogP contribution in [0.15, 0.2) is 6.07 Å². The van der Waals surface area contributed by atoms with Crippen LogP contribution in [0.4, 0.5) is 11.8 Å². The van der Waals surface area contributed by atoms with Gasteiger partial charge in [0.05, 0.1) is 5.39 Å². The lowest BCUT2D eigenvalue weighted by molar-refractivity contribution is 0.304. The molecule has 0 fully saturated rings. The summed E-state index contributed by atoms with van der Waals surface area (Å²) < 4.78 is 0. The van der Waals surface area contributed by atoms with E-state index in [0.29, 0.717) is 23.7 Å². The number of aryl methyl sites for hydroxylation is 1. The van der Waals surface area contributed by atoms with E-state index in [2.05, 4.69) is 61.3 Å². The van der Waals surface area contributed by atoms with Crippen LogP contribution in [-0.4, -0.2) is 23.6 Å². The normalized spacial score (nSPS) is 11.9. The summed E-state index contributed by atoms with van der Waals surface area (Å²) in [6, 6.07) is 2.17. The molecule has 2 aromatic heterocycles. The second kappa shape index (κ2) is 6.60. The zero-order valence-electron chi connectivity index (χ0n) is 13.8. The fourth-order valence-corrected chi connectivity index (χ4v) is 3.62. The van der Waals surface area contributed by atoms with E-state index in [1.807, 2.05) is 7.05 Å². The van der Waals surface area contributed by atoms with Crippen molar-refractivity contribution in [2.45, 2.75) is 34.6 Å². The van der Waals surface area contributed by atoms with Gasteiger partial charge < -0.3 is 10.6 Å². The Balaban J connectivity index is 2.28. The van der Waals surface area contributed by atoms with Gasteiger partial charge in [0.15, 0.2) is 0 Å². The average Bonchev–Trinajstić information content (AvgIpc) is 2.78. The number of rotatable bonds is 6. The molecule has 0 bridgehead atoms. The molecule has 0 saturated carbocycles. The predicted molar refractivity (Wildman–Crippen MR) is 93.4 cm³/mol. The standard InChI is InChI=1S/C16H26N4S/c1-9(2)13(10(3)4)8-18-14-12-7-11(5)21-15(12)20-16(17-6)19-14/h7,9-10,13H,8H2,1-6H3,(H2,17,18,19,20). The lowest BCUT2D eigenvalue weighted by atomic mass is 9.85. The fourth-order valence-electron chi connectivity index (χ4n) is 2.74. The lowest BCUT2D eigenvalue weighted by Gasteiger charge is -2.25. The van der Waals surface area contributed by atoms with Gasteiger partial charge in [-0.3, -0.25) is 0 Å². The van der Waals surface area contributed by atoms with Gasteiger partial charge in [0.25, 0.3) is 0 Å². The van der Waals surface area contributed by atoms with Crippen molar-refractivity contribution in [3.63, 3.8) is 0 Å². The van der Waals surface area contributed by atoms with Crippen LogP contribution in [0, 0.1) is 24.7 Å². The van der Waals surface area contributed by atoms with Gasteiger partial charge in [-0.05, 0) is 30.7 Å². The number of hydrogen-bond acceptors (Lipinski definition) is 5. The molecule has 0 aliphatic heterocycles. The molecule has 2 rings (SSSR count). The molecule has 4 nitrogen and oxygen atoms in total. The predicted octanol–water partition coefficient (Wildman–Crippen LogP) is 4.38. The number of anilines is 2. The molecule has 5 heteroatoms.